The van der Waals surface area contributed by atoms with Crippen molar-refractivity contribution in [2.75, 3.05) is 33.9 Å². The molecule has 0 atom stereocenters. The Bertz CT molecular complexity index is 238. The van der Waals surface area contributed by atoms with Gasteiger partial charge in [-0.3, -0.25) is 4.99 Å². The first-order valence-electron chi connectivity index (χ1n) is 7.80. The number of ether oxygens (including phenoxy) is 1. The fraction of sp³-hybridized carbons (Fsp3) is 0.933. The molecule has 0 heterocycles. The smallest absolute Gasteiger partial charge is 0.190 e. The van der Waals surface area contributed by atoms with Crippen molar-refractivity contribution >= 4 is 5.96 Å². The van der Waals surface area contributed by atoms with Crippen LogP contribution in [0.3, 0.4) is 0 Å². The van der Waals surface area contributed by atoms with Gasteiger partial charge in [0.05, 0.1) is 0 Å². The lowest BCUT2D eigenvalue weighted by atomic mass is 10.0. The molecule has 0 aromatic heterocycles. The second-order valence-electron chi connectivity index (χ2n) is 5.42. The van der Waals surface area contributed by atoms with Gasteiger partial charge < -0.3 is 15.4 Å². The van der Waals surface area contributed by atoms with Gasteiger partial charge in [-0.1, -0.05) is 38.5 Å². The fourth-order valence-electron chi connectivity index (χ4n) is 2.71. The van der Waals surface area contributed by atoms with Gasteiger partial charge in [-0.25, -0.2) is 0 Å². The van der Waals surface area contributed by atoms with Gasteiger partial charge in [-0.15, -0.1) is 0 Å². The molecular formula is C15H31N3O. The van der Waals surface area contributed by atoms with E-state index in [4.69, 9.17) is 4.74 Å². The maximum absolute atomic E-state index is 5.02. The number of hydrogen-bond donors (Lipinski definition) is 2. The highest BCUT2D eigenvalue weighted by Gasteiger charge is 2.13. The van der Waals surface area contributed by atoms with E-state index in [0.29, 0.717) is 0 Å². The fourth-order valence-corrected chi connectivity index (χ4v) is 2.71. The first kappa shape index (κ1) is 16.3. The third kappa shape index (κ3) is 8.09. The van der Waals surface area contributed by atoms with Crippen LogP contribution in [0.2, 0.25) is 0 Å². The highest BCUT2D eigenvalue weighted by atomic mass is 16.5. The number of nitrogens with zero attached hydrogens (tertiary/aromatic N) is 1. The zero-order valence-corrected chi connectivity index (χ0v) is 12.7. The average molecular weight is 269 g/mol. The van der Waals surface area contributed by atoms with Crippen LogP contribution in [0, 0.1) is 5.92 Å². The zero-order valence-electron chi connectivity index (χ0n) is 12.7. The maximum atomic E-state index is 5.02. The molecule has 1 saturated carbocycles. The summed E-state index contributed by atoms with van der Waals surface area (Å²) in [4.78, 5) is 4.21. The van der Waals surface area contributed by atoms with E-state index in [1.807, 2.05) is 7.05 Å². The predicted octanol–water partition coefficient (Wildman–Crippen LogP) is 2.55. The van der Waals surface area contributed by atoms with Crippen LogP contribution >= 0.6 is 0 Å². The minimum Gasteiger partial charge on any atom is -0.385 e. The molecular weight excluding hydrogens is 238 g/mol. The molecule has 1 aliphatic carbocycles. The van der Waals surface area contributed by atoms with Gasteiger partial charge >= 0.3 is 0 Å². The minimum atomic E-state index is 0.797. The average Bonchev–Trinajstić information content (AvgIpc) is 2.94. The van der Waals surface area contributed by atoms with E-state index in [-0.39, 0.29) is 0 Å². The zero-order chi connectivity index (χ0) is 13.8. The van der Waals surface area contributed by atoms with Gasteiger partial charge in [0, 0.05) is 33.9 Å². The molecule has 112 valence electrons. The van der Waals surface area contributed by atoms with Crippen molar-refractivity contribution in [1.82, 2.24) is 10.6 Å². The number of aliphatic imine (C=N–C) groups is 1. The van der Waals surface area contributed by atoms with E-state index in [0.717, 1.165) is 38.0 Å². The summed E-state index contributed by atoms with van der Waals surface area (Å²) in [5, 5.41) is 6.66. The quantitative estimate of drug-likeness (QED) is 0.384. The monoisotopic (exact) mass is 269 g/mol. The lowest BCUT2D eigenvalue weighted by Crippen LogP contribution is -2.38. The van der Waals surface area contributed by atoms with Crippen molar-refractivity contribution < 1.29 is 4.74 Å². The molecule has 0 aromatic carbocycles. The number of hydrogen-bond acceptors (Lipinski definition) is 2. The summed E-state index contributed by atoms with van der Waals surface area (Å²) in [6.07, 6.45) is 10.9. The second-order valence-corrected chi connectivity index (χ2v) is 5.42. The highest BCUT2D eigenvalue weighted by Crippen LogP contribution is 2.28. The number of guanidine groups is 1. The molecule has 4 heteroatoms. The molecule has 0 spiro atoms. The Morgan fingerprint density at radius 2 is 1.79 bits per heavy atom. The first-order chi connectivity index (χ1) is 9.36. The lowest BCUT2D eigenvalue weighted by molar-refractivity contribution is 0.195. The Morgan fingerprint density at radius 3 is 2.42 bits per heavy atom. The molecule has 1 aliphatic rings. The van der Waals surface area contributed by atoms with Gasteiger partial charge in [0.15, 0.2) is 5.96 Å². The molecule has 0 saturated heterocycles. The normalized spacial score (nSPS) is 16.8. The number of nitrogens with one attached hydrogen (secondary N) is 2. The van der Waals surface area contributed by atoms with Crippen LogP contribution in [0.5, 0.6) is 0 Å². The van der Waals surface area contributed by atoms with Gasteiger partial charge in [-0.2, -0.15) is 0 Å². The predicted molar refractivity (Wildman–Crippen MR) is 81.7 cm³/mol. The standard InChI is InChI=1S/C15H31N3O/c1-16-15(18-12-7-13-19-2)17-11-6-5-10-14-8-3-4-9-14/h14H,3-13H2,1-2H3,(H2,16,17,18). The first-order valence-corrected chi connectivity index (χ1v) is 7.80. The Morgan fingerprint density at radius 1 is 1.11 bits per heavy atom. The summed E-state index contributed by atoms with van der Waals surface area (Å²) in [5.41, 5.74) is 0. The number of unbranched alkanes of at least 4 members (excludes halogenated alkanes) is 1. The number of rotatable bonds is 9. The molecule has 0 aromatic rings. The van der Waals surface area contributed by atoms with Crippen molar-refractivity contribution in [3.8, 4) is 0 Å². The van der Waals surface area contributed by atoms with Gasteiger partial charge in [-0.05, 0) is 18.8 Å². The van der Waals surface area contributed by atoms with Crippen molar-refractivity contribution in [2.45, 2.75) is 51.4 Å². The SMILES string of the molecule is CN=C(NCCCCC1CCCC1)NCCCOC. The molecule has 0 bridgehead atoms. The maximum Gasteiger partial charge on any atom is 0.190 e. The molecule has 0 aliphatic heterocycles. The van der Waals surface area contributed by atoms with Crippen LogP contribution in [-0.2, 0) is 4.74 Å². The highest BCUT2D eigenvalue weighted by molar-refractivity contribution is 5.79. The number of methoxy groups -OCH3 is 1. The van der Waals surface area contributed by atoms with Crippen LogP contribution in [0.15, 0.2) is 4.99 Å². The Hall–Kier alpha value is -0.770. The molecule has 2 N–H and O–H groups in total. The van der Waals surface area contributed by atoms with Gasteiger partial charge in [0.2, 0.25) is 0 Å². The summed E-state index contributed by atoms with van der Waals surface area (Å²) in [7, 11) is 3.56. The summed E-state index contributed by atoms with van der Waals surface area (Å²) < 4.78 is 5.02. The topological polar surface area (TPSA) is 45.7 Å². The van der Waals surface area contributed by atoms with Crippen LogP contribution < -0.4 is 10.6 Å². The van der Waals surface area contributed by atoms with E-state index in [1.165, 1.54) is 44.9 Å². The summed E-state index contributed by atoms with van der Waals surface area (Å²) in [5.74, 6) is 1.93. The Labute approximate surface area is 118 Å². The third-order valence-electron chi connectivity index (χ3n) is 3.85. The Kier molecular flexibility index (Phi) is 9.51. The van der Waals surface area contributed by atoms with E-state index in [9.17, 15) is 0 Å². The molecule has 4 nitrogen and oxygen atoms in total. The molecule has 0 unspecified atom stereocenters. The van der Waals surface area contributed by atoms with Crippen LogP contribution in [-0.4, -0.2) is 39.8 Å². The van der Waals surface area contributed by atoms with Crippen molar-refractivity contribution in [3.05, 3.63) is 0 Å². The summed E-state index contributed by atoms with van der Waals surface area (Å²) in [6.45, 7) is 2.73. The van der Waals surface area contributed by atoms with Crippen molar-refractivity contribution in [1.29, 1.82) is 0 Å². The summed E-state index contributed by atoms with van der Waals surface area (Å²) in [6, 6.07) is 0. The molecule has 1 fully saturated rings. The van der Waals surface area contributed by atoms with Gasteiger partial charge in [0.1, 0.15) is 0 Å². The van der Waals surface area contributed by atoms with Crippen molar-refractivity contribution in [2.24, 2.45) is 10.9 Å². The molecule has 19 heavy (non-hydrogen) atoms. The molecule has 0 amide bonds. The molecule has 1 rings (SSSR count). The van der Waals surface area contributed by atoms with Gasteiger partial charge in [0.25, 0.3) is 0 Å². The van der Waals surface area contributed by atoms with Crippen LogP contribution in [0.25, 0.3) is 0 Å². The largest absolute Gasteiger partial charge is 0.385 e. The van der Waals surface area contributed by atoms with E-state index >= 15 is 0 Å². The third-order valence-corrected chi connectivity index (χ3v) is 3.85. The second kappa shape index (κ2) is 11.1. The molecule has 0 radical (unpaired) electrons. The minimum absolute atomic E-state index is 0.797. The van der Waals surface area contributed by atoms with Crippen LogP contribution in [0.1, 0.15) is 51.4 Å². The van der Waals surface area contributed by atoms with E-state index in [2.05, 4.69) is 15.6 Å². The van der Waals surface area contributed by atoms with Crippen LogP contribution in [0.4, 0.5) is 0 Å². The lowest BCUT2D eigenvalue weighted by Gasteiger charge is -2.12. The Balaban J connectivity index is 1.93. The summed E-state index contributed by atoms with van der Waals surface area (Å²) >= 11 is 0. The van der Waals surface area contributed by atoms with Crippen molar-refractivity contribution in [3.63, 3.8) is 0 Å². The van der Waals surface area contributed by atoms with E-state index in [1.54, 1.807) is 7.11 Å². The van der Waals surface area contributed by atoms with E-state index < -0.39 is 0 Å².